The summed E-state index contributed by atoms with van der Waals surface area (Å²) >= 11 is 1.76. The van der Waals surface area contributed by atoms with Crippen molar-refractivity contribution in [3.05, 3.63) is 41.1 Å². The summed E-state index contributed by atoms with van der Waals surface area (Å²) in [6, 6.07) is 7.80. The Balaban J connectivity index is 1.89. The summed E-state index contributed by atoms with van der Waals surface area (Å²) in [5.74, 6) is 1.14. The predicted molar refractivity (Wildman–Crippen MR) is 138 cm³/mol. The van der Waals surface area contributed by atoms with Crippen molar-refractivity contribution in [1.82, 2.24) is 9.80 Å². The molecule has 1 atom stereocenters. The molecule has 1 aromatic rings. The molecule has 1 N–H and O–H groups in total. The molecule has 0 bridgehead atoms. The number of carbonyl (C=O) groups excluding carboxylic acids is 2. The summed E-state index contributed by atoms with van der Waals surface area (Å²) in [7, 11) is 0. The van der Waals surface area contributed by atoms with Gasteiger partial charge in [-0.2, -0.15) is 0 Å². The summed E-state index contributed by atoms with van der Waals surface area (Å²) in [5.41, 5.74) is 3.34. The lowest BCUT2D eigenvalue weighted by molar-refractivity contribution is -0.127. The van der Waals surface area contributed by atoms with E-state index in [0.717, 1.165) is 72.1 Å². The molecule has 1 aromatic carbocycles. The fraction of sp³-hybridized carbons (Fsp3) is 0.577. The zero-order valence-electron chi connectivity index (χ0n) is 20.5. The third kappa shape index (κ3) is 6.19. The summed E-state index contributed by atoms with van der Waals surface area (Å²) in [5, 5.41) is 4.06. The van der Waals surface area contributed by atoms with Crippen LogP contribution in [-0.2, 0) is 9.59 Å². The van der Waals surface area contributed by atoms with E-state index in [9.17, 15) is 9.59 Å². The zero-order valence-corrected chi connectivity index (χ0v) is 21.3. The van der Waals surface area contributed by atoms with Crippen molar-refractivity contribution in [1.29, 1.82) is 0 Å². The van der Waals surface area contributed by atoms with Crippen molar-refractivity contribution >= 4 is 34.4 Å². The van der Waals surface area contributed by atoms with E-state index in [0.29, 0.717) is 19.5 Å². The first-order chi connectivity index (χ1) is 16.0. The first-order valence-electron chi connectivity index (χ1n) is 12.4. The van der Waals surface area contributed by atoms with Crippen molar-refractivity contribution in [3.63, 3.8) is 0 Å². The van der Waals surface area contributed by atoms with Crippen LogP contribution >= 0.6 is 11.8 Å². The van der Waals surface area contributed by atoms with Gasteiger partial charge in [0.05, 0.1) is 17.3 Å². The second-order valence-electron chi connectivity index (χ2n) is 8.65. The molecule has 1 saturated heterocycles. The molecule has 1 fully saturated rings. The lowest BCUT2D eigenvalue weighted by atomic mass is 9.92. The molecule has 2 amide bonds. The van der Waals surface area contributed by atoms with Gasteiger partial charge in [0, 0.05) is 37.5 Å². The molecule has 180 valence electrons. The van der Waals surface area contributed by atoms with Gasteiger partial charge in [0.1, 0.15) is 0 Å². The van der Waals surface area contributed by atoms with Crippen LogP contribution in [0.4, 0.5) is 5.69 Å². The van der Waals surface area contributed by atoms with Crippen LogP contribution in [0, 0.1) is 0 Å². The number of fused-ring (bicyclic) bond motifs is 1. The second-order valence-corrected chi connectivity index (χ2v) is 9.72. The number of amidine groups is 1. The number of nitrogens with zero attached hydrogens (tertiary/aromatic N) is 3. The third-order valence-electron chi connectivity index (χ3n) is 6.28. The lowest BCUT2D eigenvalue weighted by Gasteiger charge is -2.41. The number of allylic oxidation sites excluding steroid dienone is 1. The van der Waals surface area contributed by atoms with Crippen molar-refractivity contribution in [2.24, 2.45) is 4.99 Å². The van der Waals surface area contributed by atoms with Gasteiger partial charge in [-0.05, 0) is 51.3 Å². The maximum absolute atomic E-state index is 13.6. The van der Waals surface area contributed by atoms with Crippen LogP contribution < -0.4 is 5.32 Å². The number of benzene rings is 1. The van der Waals surface area contributed by atoms with Gasteiger partial charge in [-0.3, -0.25) is 9.59 Å². The second kappa shape index (κ2) is 12.3. The number of amides is 2. The number of rotatable bonds is 10. The van der Waals surface area contributed by atoms with E-state index in [-0.39, 0.29) is 17.9 Å². The average molecular weight is 471 g/mol. The maximum Gasteiger partial charge on any atom is 0.254 e. The summed E-state index contributed by atoms with van der Waals surface area (Å²) in [6.45, 7) is 10.3. The third-order valence-corrected chi connectivity index (χ3v) is 7.36. The Bertz CT molecular complexity index is 907. The van der Waals surface area contributed by atoms with Crippen molar-refractivity contribution in [3.8, 4) is 0 Å². The Labute approximate surface area is 202 Å². The van der Waals surface area contributed by atoms with Gasteiger partial charge < -0.3 is 15.1 Å². The maximum atomic E-state index is 13.6. The monoisotopic (exact) mass is 470 g/mol. The Morgan fingerprint density at radius 2 is 1.97 bits per heavy atom. The first kappa shape index (κ1) is 25.3. The van der Waals surface area contributed by atoms with E-state index in [1.54, 1.807) is 11.8 Å². The number of nitrogens with one attached hydrogen (secondary N) is 1. The number of anilines is 1. The highest BCUT2D eigenvalue weighted by atomic mass is 32.2. The summed E-state index contributed by atoms with van der Waals surface area (Å²) < 4.78 is 0. The molecule has 7 heteroatoms. The first-order valence-corrected chi connectivity index (χ1v) is 13.4. The molecule has 2 heterocycles. The van der Waals surface area contributed by atoms with Gasteiger partial charge in [0.15, 0.2) is 5.17 Å². The van der Waals surface area contributed by atoms with E-state index in [1.165, 1.54) is 0 Å². The Morgan fingerprint density at radius 1 is 1.18 bits per heavy atom. The molecule has 0 aliphatic carbocycles. The highest BCUT2D eigenvalue weighted by Crippen LogP contribution is 2.40. The SMILES string of the molecule is CCCCCCC(=O)Nc1cccc(C2C(C(=O)N(CC)CC)=C(C)N=C3SCCCN32)c1. The average Bonchev–Trinajstić information content (AvgIpc) is 2.81. The van der Waals surface area contributed by atoms with Crippen LogP contribution in [0.5, 0.6) is 0 Å². The normalized spacial score (nSPS) is 18.0. The van der Waals surface area contributed by atoms with Gasteiger partial charge in [0.25, 0.3) is 5.91 Å². The zero-order chi connectivity index (χ0) is 23.8. The van der Waals surface area contributed by atoms with Gasteiger partial charge in [-0.1, -0.05) is 50.1 Å². The van der Waals surface area contributed by atoms with E-state index >= 15 is 0 Å². The molecule has 6 nitrogen and oxygen atoms in total. The van der Waals surface area contributed by atoms with Gasteiger partial charge >= 0.3 is 0 Å². The quantitative estimate of drug-likeness (QED) is 0.453. The summed E-state index contributed by atoms with van der Waals surface area (Å²) in [4.78, 5) is 35.0. The fourth-order valence-corrected chi connectivity index (χ4v) is 5.51. The standard InChI is InChI=1S/C26H38N4O2S/c1-5-8-9-10-15-22(31)28-21-14-11-13-20(18-21)24-23(25(32)29(6-2)7-3)19(4)27-26-30(24)16-12-17-33-26/h11,13-14,18,24H,5-10,12,15-17H2,1-4H3,(H,28,31). The molecule has 3 rings (SSSR count). The molecule has 0 saturated carbocycles. The molecule has 33 heavy (non-hydrogen) atoms. The van der Waals surface area contributed by atoms with Crippen molar-refractivity contribution in [2.45, 2.75) is 72.3 Å². The Hall–Kier alpha value is -2.28. The van der Waals surface area contributed by atoms with Crippen LogP contribution in [0.25, 0.3) is 0 Å². The van der Waals surface area contributed by atoms with Gasteiger partial charge in [0.2, 0.25) is 5.91 Å². The van der Waals surface area contributed by atoms with Crippen LogP contribution in [0.1, 0.15) is 77.8 Å². The molecular weight excluding hydrogens is 432 g/mol. The largest absolute Gasteiger partial charge is 0.340 e. The molecule has 2 aliphatic heterocycles. The number of hydrogen-bond acceptors (Lipinski definition) is 5. The number of aliphatic imine (C=N–C) groups is 1. The minimum Gasteiger partial charge on any atom is -0.340 e. The van der Waals surface area contributed by atoms with Gasteiger partial charge in [-0.25, -0.2) is 4.99 Å². The summed E-state index contributed by atoms with van der Waals surface area (Å²) in [6.07, 6.45) is 5.92. The fourth-order valence-electron chi connectivity index (χ4n) is 4.49. The van der Waals surface area contributed by atoms with E-state index in [2.05, 4.69) is 23.2 Å². The molecular formula is C26H38N4O2S. The molecule has 1 unspecified atom stereocenters. The predicted octanol–water partition coefficient (Wildman–Crippen LogP) is 5.59. The number of carbonyl (C=O) groups is 2. The topological polar surface area (TPSA) is 65.0 Å². The highest BCUT2D eigenvalue weighted by Gasteiger charge is 2.38. The van der Waals surface area contributed by atoms with Crippen molar-refractivity contribution < 1.29 is 9.59 Å². The number of likely N-dealkylation sites (N-methyl/N-ethyl adjacent to an activating group) is 1. The Kier molecular flexibility index (Phi) is 9.41. The van der Waals surface area contributed by atoms with Gasteiger partial charge in [-0.15, -0.1) is 0 Å². The molecule has 2 aliphatic rings. The minimum absolute atomic E-state index is 0.0474. The van der Waals surface area contributed by atoms with Crippen LogP contribution in [0.15, 0.2) is 40.5 Å². The van der Waals surface area contributed by atoms with Crippen LogP contribution in [-0.4, -0.2) is 52.2 Å². The molecule has 0 aromatic heterocycles. The van der Waals surface area contributed by atoms with Crippen molar-refractivity contribution in [2.75, 3.05) is 30.7 Å². The van der Waals surface area contributed by atoms with Crippen LogP contribution in [0.2, 0.25) is 0 Å². The molecule has 0 spiro atoms. The lowest BCUT2D eigenvalue weighted by Crippen LogP contribution is -2.45. The van der Waals surface area contributed by atoms with E-state index < -0.39 is 0 Å². The minimum atomic E-state index is -0.195. The van der Waals surface area contributed by atoms with E-state index in [4.69, 9.17) is 4.99 Å². The Morgan fingerprint density at radius 3 is 2.70 bits per heavy atom. The number of unbranched alkanes of at least 4 members (excludes halogenated alkanes) is 3. The smallest absolute Gasteiger partial charge is 0.254 e. The number of hydrogen-bond donors (Lipinski definition) is 1. The molecule has 0 radical (unpaired) electrons. The van der Waals surface area contributed by atoms with Crippen LogP contribution in [0.3, 0.4) is 0 Å². The highest BCUT2D eigenvalue weighted by molar-refractivity contribution is 8.13. The van der Waals surface area contributed by atoms with E-state index in [1.807, 2.05) is 43.9 Å². The number of thioether (sulfide) groups is 1.